The third kappa shape index (κ3) is 2.42. The number of ether oxygens (including phenoxy) is 4. The second-order valence-electron chi connectivity index (χ2n) is 5.80. The first kappa shape index (κ1) is 13.8. The Kier molecular flexibility index (Phi) is 3.63. The first-order valence-electron chi connectivity index (χ1n) is 7.74. The van der Waals surface area contributed by atoms with E-state index in [4.69, 9.17) is 18.9 Å². The fraction of sp³-hybridized carbons (Fsp3) is 0.562. The van der Waals surface area contributed by atoms with Crippen molar-refractivity contribution in [3.05, 3.63) is 23.8 Å². The minimum atomic E-state index is -0.170. The molecule has 1 aromatic carbocycles. The Morgan fingerprint density at radius 2 is 2.05 bits per heavy atom. The maximum absolute atomic E-state index is 12.8. The highest BCUT2D eigenvalue weighted by molar-refractivity contribution is 5.98. The highest BCUT2D eigenvalue weighted by Gasteiger charge is 2.34. The molecule has 0 aromatic heterocycles. The number of hydrogen-bond donors (Lipinski definition) is 0. The number of para-hydroxylation sites is 1. The Bertz CT molecular complexity index is 570. The molecule has 4 rings (SSSR count). The number of amides is 1. The molecule has 6 heteroatoms. The zero-order chi connectivity index (χ0) is 14.9. The van der Waals surface area contributed by atoms with E-state index < -0.39 is 0 Å². The van der Waals surface area contributed by atoms with E-state index in [2.05, 4.69) is 0 Å². The Labute approximate surface area is 128 Å². The smallest absolute Gasteiger partial charge is 0.257 e. The Balaban J connectivity index is 1.51. The van der Waals surface area contributed by atoms with Gasteiger partial charge in [-0.3, -0.25) is 4.79 Å². The summed E-state index contributed by atoms with van der Waals surface area (Å²) in [6.45, 7) is 2.88. The predicted octanol–water partition coefficient (Wildman–Crippen LogP) is 1.64. The molecule has 2 saturated heterocycles. The van der Waals surface area contributed by atoms with Crippen LogP contribution in [0.3, 0.4) is 0 Å². The Hall–Kier alpha value is -1.79. The van der Waals surface area contributed by atoms with Gasteiger partial charge in [0.1, 0.15) is 0 Å². The van der Waals surface area contributed by atoms with Gasteiger partial charge in [-0.1, -0.05) is 6.07 Å². The Morgan fingerprint density at radius 1 is 1.18 bits per heavy atom. The summed E-state index contributed by atoms with van der Waals surface area (Å²) in [5.41, 5.74) is 0.573. The summed E-state index contributed by atoms with van der Waals surface area (Å²) in [4.78, 5) is 14.7. The van der Waals surface area contributed by atoms with Gasteiger partial charge in [-0.15, -0.1) is 0 Å². The molecule has 22 heavy (non-hydrogen) atoms. The molecule has 0 N–H and O–H groups in total. The molecule has 1 unspecified atom stereocenters. The fourth-order valence-corrected chi connectivity index (χ4v) is 3.33. The quantitative estimate of drug-likeness (QED) is 0.831. The number of piperidine rings is 1. The number of carbonyl (C=O) groups excluding carboxylic acids is 1. The number of benzene rings is 1. The van der Waals surface area contributed by atoms with E-state index in [1.807, 2.05) is 17.0 Å². The summed E-state index contributed by atoms with van der Waals surface area (Å²) in [6.07, 6.45) is 1.82. The molecule has 1 atom stereocenters. The second-order valence-corrected chi connectivity index (χ2v) is 5.80. The van der Waals surface area contributed by atoms with Crippen molar-refractivity contribution in [3.8, 4) is 11.5 Å². The van der Waals surface area contributed by atoms with Crippen LogP contribution in [0.4, 0.5) is 0 Å². The molecule has 3 heterocycles. The van der Waals surface area contributed by atoms with Gasteiger partial charge in [-0.25, -0.2) is 0 Å². The molecule has 118 valence electrons. The molecule has 0 aliphatic carbocycles. The molecule has 3 aliphatic heterocycles. The zero-order valence-corrected chi connectivity index (χ0v) is 12.3. The lowest BCUT2D eigenvalue weighted by atomic mass is 9.96. The van der Waals surface area contributed by atoms with E-state index in [1.165, 1.54) is 0 Å². The molecule has 3 aliphatic rings. The number of likely N-dealkylation sites (tertiary alicyclic amines) is 1. The molecule has 0 spiro atoms. The molecule has 6 nitrogen and oxygen atoms in total. The average Bonchev–Trinajstić information content (AvgIpc) is 3.25. The largest absolute Gasteiger partial charge is 0.454 e. The third-order valence-electron chi connectivity index (χ3n) is 4.40. The lowest BCUT2D eigenvalue weighted by molar-refractivity contribution is -0.0969. The Morgan fingerprint density at radius 3 is 2.91 bits per heavy atom. The van der Waals surface area contributed by atoms with Gasteiger partial charge >= 0.3 is 0 Å². The van der Waals surface area contributed by atoms with Gasteiger partial charge in [-0.05, 0) is 25.0 Å². The molecule has 1 amide bonds. The van der Waals surface area contributed by atoms with E-state index in [0.717, 1.165) is 19.4 Å². The van der Waals surface area contributed by atoms with Gasteiger partial charge in [-0.2, -0.15) is 0 Å². The third-order valence-corrected chi connectivity index (χ3v) is 4.40. The summed E-state index contributed by atoms with van der Waals surface area (Å²) in [5.74, 6) is 1.43. The van der Waals surface area contributed by atoms with Crippen LogP contribution in [0.1, 0.15) is 23.2 Å². The predicted molar refractivity (Wildman–Crippen MR) is 76.9 cm³/mol. The zero-order valence-electron chi connectivity index (χ0n) is 12.3. The summed E-state index contributed by atoms with van der Waals surface area (Å²) in [5, 5.41) is 0. The maximum Gasteiger partial charge on any atom is 0.257 e. The molecule has 0 bridgehead atoms. The van der Waals surface area contributed by atoms with E-state index in [9.17, 15) is 4.79 Å². The van der Waals surface area contributed by atoms with Gasteiger partial charge in [0.15, 0.2) is 17.8 Å². The van der Waals surface area contributed by atoms with Gasteiger partial charge in [0, 0.05) is 19.0 Å². The molecular weight excluding hydrogens is 286 g/mol. The van der Waals surface area contributed by atoms with Crippen LogP contribution in [0.25, 0.3) is 0 Å². The van der Waals surface area contributed by atoms with Crippen LogP contribution in [-0.4, -0.2) is 50.2 Å². The monoisotopic (exact) mass is 305 g/mol. The number of hydrogen-bond acceptors (Lipinski definition) is 5. The highest BCUT2D eigenvalue weighted by atomic mass is 16.7. The number of nitrogens with zero attached hydrogens (tertiary/aromatic N) is 1. The van der Waals surface area contributed by atoms with Gasteiger partial charge in [0.05, 0.1) is 18.8 Å². The first-order chi connectivity index (χ1) is 10.8. The number of fused-ring (bicyclic) bond motifs is 1. The molecule has 0 radical (unpaired) electrons. The van der Waals surface area contributed by atoms with Gasteiger partial charge < -0.3 is 23.8 Å². The van der Waals surface area contributed by atoms with Crippen molar-refractivity contribution < 1.29 is 23.7 Å². The van der Waals surface area contributed by atoms with E-state index in [1.54, 1.807) is 6.07 Å². The lowest BCUT2D eigenvalue weighted by Gasteiger charge is -2.34. The van der Waals surface area contributed by atoms with Crippen molar-refractivity contribution in [2.45, 2.75) is 19.1 Å². The molecule has 2 fully saturated rings. The summed E-state index contributed by atoms with van der Waals surface area (Å²) in [6, 6.07) is 5.44. The van der Waals surface area contributed by atoms with Crippen LogP contribution in [0.2, 0.25) is 0 Å². The lowest BCUT2D eigenvalue weighted by Crippen LogP contribution is -2.43. The summed E-state index contributed by atoms with van der Waals surface area (Å²) >= 11 is 0. The van der Waals surface area contributed by atoms with Crippen LogP contribution in [0.5, 0.6) is 11.5 Å². The molecular formula is C16H19NO5. The van der Waals surface area contributed by atoms with Crippen LogP contribution in [-0.2, 0) is 9.47 Å². The minimum absolute atomic E-state index is 0.00922. The first-order valence-corrected chi connectivity index (χ1v) is 7.74. The topological polar surface area (TPSA) is 57.2 Å². The molecule has 1 aromatic rings. The number of rotatable bonds is 2. The van der Waals surface area contributed by atoms with Crippen molar-refractivity contribution in [1.29, 1.82) is 0 Å². The van der Waals surface area contributed by atoms with E-state index in [-0.39, 0.29) is 24.9 Å². The van der Waals surface area contributed by atoms with Crippen LogP contribution in [0.15, 0.2) is 18.2 Å². The fourth-order valence-electron chi connectivity index (χ4n) is 3.33. The number of carbonyl (C=O) groups is 1. The van der Waals surface area contributed by atoms with E-state index >= 15 is 0 Å². The second kappa shape index (κ2) is 5.78. The van der Waals surface area contributed by atoms with Crippen molar-refractivity contribution in [1.82, 2.24) is 4.90 Å². The van der Waals surface area contributed by atoms with Crippen molar-refractivity contribution in [2.24, 2.45) is 5.92 Å². The maximum atomic E-state index is 12.8. The van der Waals surface area contributed by atoms with E-state index in [0.29, 0.717) is 36.8 Å². The minimum Gasteiger partial charge on any atom is -0.454 e. The van der Waals surface area contributed by atoms with Crippen molar-refractivity contribution in [2.75, 3.05) is 33.1 Å². The van der Waals surface area contributed by atoms with Crippen LogP contribution < -0.4 is 9.47 Å². The van der Waals surface area contributed by atoms with Crippen LogP contribution in [0, 0.1) is 5.92 Å². The summed E-state index contributed by atoms with van der Waals surface area (Å²) < 4.78 is 22.0. The SMILES string of the molecule is O=C(c1cccc2c1OCO2)N1CCCC(C2OCCO2)C1. The molecule has 0 saturated carbocycles. The normalized spacial score (nSPS) is 24.7. The standard InChI is InChI=1S/C16H19NO5/c18-15(12-4-1-5-13-14(12)22-10-21-13)17-6-2-3-11(9-17)16-19-7-8-20-16/h1,4-5,11,16H,2-3,6-10H2. The van der Waals surface area contributed by atoms with Gasteiger partial charge in [0.2, 0.25) is 6.79 Å². The van der Waals surface area contributed by atoms with Gasteiger partial charge in [0.25, 0.3) is 5.91 Å². The average molecular weight is 305 g/mol. The van der Waals surface area contributed by atoms with Crippen molar-refractivity contribution in [3.63, 3.8) is 0 Å². The van der Waals surface area contributed by atoms with Crippen molar-refractivity contribution >= 4 is 5.91 Å². The summed E-state index contributed by atoms with van der Waals surface area (Å²) in [7, 11) is 0. The van der Waals surface area contributed by atoms with Crippen LogP contribution >= 0.6 is 0 Å². The highest BCUT2D eigenvalue weighted by Crippen LogP contribution is 2.36.